The number of hydrogen-bond donors (Lipinski definition) is 0. The molecule has 2 aromatic heterocycles. The number of halogens is 1. The molecule has 0 fully saturated rings. The smallest absolute Gasteiger partial charge is 0.263 e. The van der Waals surface area contributed by atoms with Crippen molar-refractivity contribution in [2.24, 2.45) is 0 Å². The number of aromatic nitrogens is 2. The maximum absolute atomic E-state index is 14.4. The Balaban J connectivity index is 1.56. The number of nitrogens with zero attached hydrogens (tertiary/aromatic N) is 2. The van der Waals surface area contributed by atoms with E-state index in [4.69, 9.17) is 11.6 Å². The first-order valence-corrected chi connectivity index (χ1v) is 15.0. The lowest BCUT2D eigenvalue weighted by atomic mass is 9.84. The molecule has 0 spiro atoms. The maximum Gasteiger partial charge on any atom is 0.263 e. The lowest BCUT2D eigenvalue weighted by Crippen LogP contribution is -2.22. The van der Waals surface area contributed by atoms with Crippen LogP contribution in [0, 0.1) is 0 Å². The third-order valence-electron chi connectivity index (χ3n) is 9.07. The largest absolute Gasteiger partial charge is 0.276 e. The third kappa shape index (κ3) is 3.40. The van der Waals surface area contributed by atoms with Gasteiger partial charge in [0.1, 0.15) is 0 Å². The van der Waals surface area contributed by atoms with Crippen LogP contribution < -0.4 is 11.1 Å². The summed E-state index contributed by atoms with van der Waals surface area (Å²) in [7, 11) is 0. The van der Waals surface area contributed by atoms with Crippen LogP contribution in [-0.2, 0) is 0 Å². The summed E-state index contributed by atoms with van der Waals surface area (Å²) < 4.78 is 3.51. The molecule has 1 aliphatic heterocycles. The quantitative estimate of drug-likeness (QED) is 0.180. The molecular formula is C39H23ClN2O2. The molecule has 6 bridgehead atoms. The zero-order valence-corrected chi connectivity index (χ0v) is 24.1. The van der Waals surface area contributed by atoms with Crippen molar-refractivity contribution in [1.82, 2.24) is 9.13 Å². The van der Waals surface area contributed by atoms with Gasteiger partial charge in [0, 0.05) is 27.5 Å². The van der Waals surface area contributed by atoms with Gasteiger partial charge in [-0.3, -0.25) is 18.7 Å². The summed E-state index contributed by atoms with van der Waals surface area (Å²) in [6.45, 7) is 0. The van der Waals surface area contributed by atoms with Crippen LogP contribution in [0.25, 0.3) is 54.7 Å². The molecule has 44 heavy (non-hydrogen) atoms. The summed E-state index contributed by atoms with van der Waals surface area (Å²) in [6, 6.07) is 43.9. The van der Waals surface area contributed by atoms with E-state index in [1.807, 2.05) is 103 Å². The predicted molar refractivity (Wildman–Crippen MR) is 180 cm³/mol. The van der Waals surface area contributed by atoms with Crippen molar-refractivity contribution in [3.63, 3.8) is 0 Å². The topological polar surface area (TPSA) is 44.0 Å². The maximum atomic E-state index is 14.4. The van der Waals surface area contributed by atoms with Gasteiger partial charge in [0.05, 0.1) is 27.4 Å². The summed E-state index contributed by atoms with van der Waals surface area (Å²) in [4.78, 5) is 28.7. The van der Waals surface area contributed by atoms with E-state index >= 15 is 0 Å². The van der Waals surface area contributed by atoms with Gasteiger partial charge >= 0.3 is 0 Å². The second kappa shape index (κ2) is 9.27. The highest BCUT2D eigenvalue weighted by Crippen LogP contribution is 2.41. The molecule has 5 heteroatoms. The van der Waals surface area contributed by atoms with Crippen molar-refractivity contribution >= 4 is 55.0 Å². The molecule has 1 unspecified atom stereocenters. The molecule has 8 aromatic rings. The number of rotatable bonds is 1. The minimum Gasteiger partial charge on any atom is -0.276 e. The molecule has 0 aliphatic carbocycles. The SMILES string of the molecule is O=c1c2ccccc2c2ccc3cc2n1-c1ccc2c4ccccc4c(=O)n(c2c1)-c1cccc(c1Cl)C3c1ccccc1. The van der Waals surface area contributed by atoms with Crippen molar-refractivity contribution < 1.29 is 0 Å². The van der Waals surface area contributed by atoms with Crippen LogP contribution in [0.2, 0.25) is 5.02 Å². The average molecular weight is 587 g/mol. The average Bonchev–Trinajstić information content (AvgIpc) is 3.06. The van der Waals surface area contributed by atoms with E-state index in [9.17, 15) is 9.59 Å². The fraction of sp³-hybridized carbons (Fsp3) is 0.0256. The van der Waals surface area contributed by atoms with Crippen molar-refractivity contribution in [2.75, 3.05) is 0 Å². The molecule has 4 nitrogen and oxygen atoms in total. The zero-order chi connectivity index (χ0) is 29.5. The van der Waals surface area contributed by atoms with Crippen LogP contribution in [0.15, 0.2) is 143 Å². The minimum atomic E-state index is -0.243. The molecule has 1 atom stereocenters. The van der Waals surface area contributed by atoms with Gasteiger partial charge in [-0.1, -0.05) is 109 Å². The Morgan fingerprint density at radius 2 is 1.07 bits per heavy atom. The molecule has 0 amide bonds. The van der Waals surface area contributed by atoms with Crippen molar-refractivity contribution in [3.05, 3.63) is 176 Å². The minimum absolute atomic E-state index is 0.107. The van der Waals surface area contributed by atoms with E-state index in [0.717, 1.165) is 43.8 Å². The molecular weight excluding hydrogens is 564 g/mol. The molecule has 0 saturated carbocycles. The Morgan fingerprint density at radius 1 is 0.477 bits per heavy atom. The second-order valence-corrected chi connectivity index (χ2v) is 11.8. The molecule has 3 heterocycles. The molecule has 0 saturated heterocycles. The lowest BCUT2D eigenvalue weighted by molar-refractivity contribution is 0.959. The fourth-order valence-electron chi connectivity index (χ4n) is 7.11. The monoisotopic (exact) mass is 586 g/mol. The van der Waals surface area contributed by atoms with Crippen LogP contribution >= 0.6 is 11.6 Å². The van der Waals surface area contributed by atoms with Gasteiger partial charge in [0.2, 0.25) is 0 Å². The Bertz CT molecular complexity index is 2620. The van der Waals surface area contributed by atoms with Crippen LogP contribution in [-0.4, -0.2) is 9.13 Å². The first-order chi connectivity index (χ1) is 21.6. The Kier molecular flexibility index (Phi) is 5.29. The van der Waals surface area contributed by atoms with Crippen LogP contribution in [0.4, 0.5) is 0 Å². The molecule has 0 radical (unpaired) electrons. The van der Waals surface area contributed by atoms with E-state index in [1.165, 1.54) is 0 Å². The Hall–Kier alpha value is -5.45. The van der Waals surface area contributed by atoms with E-state index < -0.39 is 0 Å². The van der Waals surface area contributed by atoms with Crippen LogP contribution in [0.3, 0.4) is 0 Å². The van der Waals surface area contributed by atoms with Gasteiger partial charge in [-0.05, 0) is 63.9 Å². The number of pyridine rings is 2. The van der Waals surface area contributed by atoms with Crippen molar-refractivity contribution in [2.45, 2.75) is 5.92 Å². The number of fused-ring (bicyclic) bond motifs is 10. The number of benzene rings is 6. The first kappa shape index (κ1) is 25.1. The second-order valence-electron chi connectivity index (χ2n) is 11.4. The molecule has 208 valence electrons. The Morgan fingerprint density at radius 3 is 1.77 bits per heavy atom. The van der Waals surface area contributed by atoms with Crippen molar-refractivity contribution in [1.29, 1.82) is 0 Å². The van der Waals surface area contributed by atoms with E-state index in [2.05, 4.69) is 30.3 Å². The lowest BCUT2D eigenvalue weighted by Gasteiger charge is -2.25. The molecule has 0 N–H and O–H groups in total. The van der Waals surface area contributed by atoms with E-state index in [1.54, 1.807) is 9.13 Å². The van der Waals surface area contributed by atoms with Gasteiger partial charge < -0.3 is 0 Å². The van der Waals surface area contributed by atoms with Gasteiger partial charge in [0.15, 0.2) is 0 Å². The third-order valence-corrected chi connectivity index (χ3v) is 9.48. The first-order valence-electron chi connectivity index (χ1n) is 14.6. The van der Waals surface area contributed by atoms with Crippen LogP contribution in [0.1, 0.15) is 22.6 Å². The van der Waals surface area contributed by atoms with Crippen molar-refractivity contribution in [3.8, 4) is 11.4 Å². The highest BCUT2D eigenvalue weighted by atomic mass is 35.5. The van der Waals surface area contributed by atoms with Gasteiger partial charge in [0.25, 0.3) is 11.1 Å². The van der Waals surface area contributed by atoms with Gasteiger partial charge in [-0.15, -0.1) is 0 Å². The number of hydrogen-bond acceptors (Lipinski definition) is 2. The normalized spacial score (nSPS) is 14.0. The summed E-state index contributed by atoms with van der Waals surface area (Å²) >= 11 is 7.38. The highest BCUT2D eigenvalue weighted by molar-refractivity contribution is 6.33. The Labute approximate surface area is 256 Å². The fourth-order valence-corrected chi connectivity index (χ4v) is 7.43. The van der Waals surface area contributed by atoms with Gasteiger partial charge in [-0.2, -0.15) is 0 Å². The van der Waals surface area contributed by atoms with E-state index in [-0.39, 0.29) is 17.0 Å². The van der Waals surface area contributed by atoms with Crippen LogP contribution in [0.5, 0.6) is 0 Å². The molecule has 9 rings (SSSR count). The van der Waals surface area contributed by atoms with E-state index in [0.29, 0.717) is 32.7 Å². The zero-order valence-electron chi connectivity index (χ0n) is 23.4. The predicted octanol–water partition coefficient (Wildman–Crippen LogP) is 8.75. The molecule has 1 aliphatic rings. The highest BCUT2D eigenvalue weighted by Gasteiger charge is 2.25. The summed E-state index contributed by atoms with van der Waals surface area (Å²) in [5, 5.41) is 5.41. The molecule has 6 aromatic carbocycles. The summed E-state index contributed by atoms with van der Waals surface area (Å²) in [5.74, 6) is -0.243. The standard InChI is InChI=1S/C39H23ClN2O2/c40-37-32-15-8-16-33(37)42-35-22-25(18-20-29(35)27-12-5-7-14-31(27)39(42)44)41-34-21-24(36(32)23-9-2-1-3-10-23)17-19-28(34)26-11-4-6-13-30(26)38(41)43/h1-22,36H. The summed E-state index contributed by atoms with van der Waals surface area (Å²) in [5.41, 5.74) is 5.45. The van der Waals surface area contributed by atoms with Gasteiger partial charge in [-0.25, -0.2) is 0 Å². The summed E-state index contributed by atoms with van der Waals surface area (Å²) in [6.07, 6.45) is 0.